The van der Waals surface area contributed by atoms with E-state index in [4.69, 9.17) is 0 Å². The first-order valence-corrected chi connectivity index (χ1v) is 27.8. The van der Waals surface area contributed by atoms with E-state index in [9.17, 15) is 0 Å². The molecule has 18 rings (SSSR count). The van der Waals surface area contributed by atoms with Crippen LogP contribution in [-0.4, -0.2) is 12.3 Å². The normalized spacial score (nSPS) is 35.4. The summed E-state index contributed by atoms with van der Waals surface area (Å²) in [6.45, 7) is 12.3. The number of aryl methyl sites for hydroxylation is 1. The Bertz CT molecular complexity index is 3730. The molecule has 8 fully saturated rings. The Morgan fingerprint density at radius 2 is 1.13 bits per heavy atom. The Labute approximate surface area is 414 Å². The lowest BCUT2D eigenvalue weighted by Gasteiger charge is -2.66. The third-order valence-electron chi connectivity index (χ3n) is 24.0. The summed E-state index contributed by atoms with van der Waals surface area (Å²) < 4.78 is 0. The molecule has 3 heteroatoms. The van der Waals surface area contributed by atoms with E-state index in [2.05, 4.69) is 161 Å². The van der Waals surface area contributed by atoms with Crippen LogP contribution in [0.2, 0.25) is 0 Å². The molecule has 4 unspecified atom stereocenters. The molecular weight excluding hydrogens is 844 g/mol. The van der Waals surface area contributed by atoms with E-state index in [1.165, 1.54) is 176 Å². The molecule has 345 valence electrons. The van der Waals surface area contributed by atoms with Crippen molar-refractivity contribution in [1.82, 2.24) is 4.98 Å². The van der Waals surface area contributed by atoms with Gasteiger partial charge in [0.05, 0.1) is 5.52 Å². The Morgan fingerprint density at radius 3 is 1.79 bits per heavy atom. The topological polar surface area (TPSA) is 19.0 Å². The van der Waals surface area contributed by atoms with E-state index >= 15 is 0 Å². The minimum absolute atomic E-state index is 0.0879. The molecule has 70 heavy (non-hydrogen) atoms. The third-order valence-corrected chi connectivity index (χ3v) is 24.0. The molecule has 1 radical (unpaired) electrons. The third kappa shape index (κ3) is 4.41. The zero-order chi connectivity index (χ0) is 46.2. The summed E-state index contributed by atoms with van der Waals surface area (Å²) in [6.07, 6.45) is 17.0. The molecular formula is C67H64BN2. The van der Waals surface area contributed by atoms with Crippen LogP contribution < -0.4 is 15.8 Å². The predicted octanol–water partition coefficient (Wildman–Crippen LogP) is 15.5. The van der Waals surface area contributed by atoms with Gasteiger partial charge in [-0.2, -0.15) is 0 Å². The quantitative estimate of drug-likeness (QED) is 0.174. The number of nitrogens with one attached hydrogen (secondary N) is 1. The molecule has 4 atom stereocenters. The van der Waals surface area contributed by atoms with Crippen LogP contribution in [-0.2, 0) is 21.7 Å². The first-order chi connectivity index (χ1) is 33.8. The largest absolute Gasteiger partial charge is 0.354 e. The number of fused-ring (bicyclic) bond motifs is 11. The highest BCUT2D eigenvalue weighted by Gasteiger charge is 2.78. The van der Waals surface area contributed by atoms with Crippen LogP contribution in [0.3, 0.4) is 0 Å². The number of aromatic amines is 1. The van der Waals surface area contributed by atoms with Gasteiger partial charge in [-0.25, -0.2) is 0 Å². The average molecular weight is 908 g/mol. The Kier molecular flexibility index (Phi) is 6.82. The minimum atomic E-state index is 0.0879. The van der Waals surface area contributed by atoms with Gasteiger partial charge in [0.2, 0.25) is 0 Å². The molecule has 1 aromatic heterocycles. The summed E-state index contributed by atoms with van der Waals surface area (Å²) in [4.78, 5) is 6.95. The van der Waals surface area contributed by atoms with Crippen LogP contribution in [0.15, 0.2) is 109 Å². The first kappa shape index (κ1) is 39.4. The Hall–Kier alpha value is -5.28. The van der Waals surface area contributed by atoms with Crippen LogP contribution in [0.5, 0.6) is 0 Å². The van der Waals surface area contributed by atoms with E-state index in [1.807, 2.05) is 0 Å². The van der Waals surface area contributed by atoms with E-state index in [0.29, 0.717) is 16.2 Å². The monoisotopic (exact) mass is 908 g/mol. The van der Waals surface area contributed by atoms with Crippen LogP contribution in [0.4, 0.5) is 17.1 Å². The van der Waals surface area contributed by atoms with E-state index < -0.39 is 0 Å². The maximum absolute atomic E-state index is 4.23. The summed E-state index contributed by atoms with van der Waals surface area (Å²) in [7, 11) is 2.59. The highest BCUT2D eigenvalue weighted by molar-refractivity contribution is 6.74. The summed E-state index contributed by atoms with van der Waals surface area (Å²) >= 11 is 0. The first-order valence-electron chi connectivity index (χ1n) is 27.8. The van der Waals surface area contributed by atoms with Crippen molar-refractivity contribution in [1.29, 1.82) is 0 Å². The lowest BCUT2D eigenvalue weighted by atomic mass is 9.38. The van der Waals surface area contributed by atoms with Gasteiger partial charge in [0.25, 0.3) is 0 Å². The number of hydrogen-bond acceptors (Lipinski definition) is 1. The second kappa shape index (κ2) is 12.1. The van der Waals surface area contributed by atoms with Gasteiger partial charge in [-0.1, -0.05) is 99.9 Å². The molecule has 8 aromatic rings. The second-order valence-corrected chi connectivity index (χ2v) is 27.5. The molecule has 2 heterocycles. The van der Waals surface area contributed by atoms with E-state index in [1.54, 1.807) is 11.1 Å². The van der Waals surface area contributed by atoms with Gasteiger partial charge in [0.15, 0.2) is 7.28 Å². The zero-order valence-corrected chi connectivity index (χ0v) is 41.9. The van der Waals surface area contributed by atoms with Gasteiger partial charge in [-0.15, -0.1) is 0 Å². The number of rotatable bonds is 4. The fraction of sp³-hybridized carbons (Fsp3) is 0.433. The minimum Gasteiger partial charge on any atom is -0.354 e. The van der Waals surface area contributed by atoms with Crippen molar-refractivity contribution in [3.05, 3.63) is 137 Å². The molecule has 1 N–H and O–H groups in total. The van der Waals surface area contributed by atoms with Gasteiger partial charge in [0.1, 0.15) is 0 Å². The van der Waals surface area contributed by atoms with Crippen LogP contribution in [0.1, 0.15) is 133 Å². The molecule has 4 bridgehead atoms. The Morgan fingerprint density at radius 1 is 0.529 bits per heavy atom. The summed E-state index contributed by atoms with van der Waals surface area (Å²) in [6, 6.07) is 44.5. The second-order valence-electron chi connectivity index (χ2n) is 27.5. The summed E-state index contributed by atoms with van der Waals surface area (Å²) in [5.74, 6) is 5.89. The zero-order valence-electron chi connectivity index (χ0n) is 41.9. The smallest absolute Gasteiger partial charge is 0.197 e. The van der Waals surface area contributed by atoms with Crippen molar-refractivity contribution in [2.45, 2.75) is 133 Å². The van der Waals surface area contributed by atoms with Crippen molar-refractivity contribution in [3.8, 4) is 11.1 Å². The molecule has 1 aliphatic heterocycles. The van der Waals surface area contributed by atoms with Crippen molar-refractivity contribution >= 4 is 78.6 Å². The maximum Gasteiger partial charge on any atom is 0.197 e. The fourth-order valence-electron chi connectivity index (χ4n) is 20.7. The van der Waals surface area contributed by atoms with Crippen molar-refractivity contribution < 1.29 is 0 Å². The molecule has 10 aliphatic rings. The fourth-order valence-corrected chi connectivity index (χ4v) is 20.7. The highest BCUT2D eigenvalue weighted by atomic mass is 15.2. The average Bonchev–Trinajstić information content (AvgIpc) is 4.13. The molecule has 2 nitrogen and oxygen atoms in total. The van der Waals surface area contributed by atoms with Crippen LogP contribution in [0.25, 0.3) is 54.5 Å². The van der Waals surface area contributed by atoms with Gasteiger partial charge < -0.3 is 9.88 Å². The van der Waals surface area contributed by atoms with Gasteiger partial charge in [0, 0.05) is 44.3 Å². The van der Waals surface area contributed by atoms with E-state index in [0.717, 1.165) is 35.5 Å². The number of H-pyrrole nitrogens is 1. The lowest BCUT2D eigenvalue weighted by Crippen LogP contribution is -2.59. The number of hydrogen-bond donors (Lipinski definition) is 1. The lowest BCUT2D eigenvalue weighted by molar-refractivity contribution is -0.175. The molecule has 0 amide bonds. The van der Waals surface area contributed by atoms with Gasteiger partial charge in [-0.3, -0.25) is 0 Å². The molecule has 7 aromatic carbocycles. The number of aromatic nitrogens is 1. The van der Waals surface area contributed by atoms with Crippen molar-refractivity contribution in [3.63, 3.8) is 0 Å². The van der Waals surface area contributed by atoms with Gasteiger partial charge >= 0.3 is 0 Å². The molecule has 2 spiro atoms. The number of benzene rings is 7. The van der Waals surface area contributed by atoms with Crippen LogP contribution in [0, 0.1) is 53.3 Å². The summed E-state index contributed by atoms with van der Waals surface area (Å²) in [5, 5.41) is 8.17. The standard InChI is InChI=1S/C67H64BN2/c1-36-18-53-54(63(4,5)17-16-62(53,2)3)29-57(36)70-58-21-38-11-7-6-10-37(38)20-55(58)68-59-50(19-39-12-8-9-13-48(39)61(59)70)52-28-41(65-32-46-24-43-25-47(33-65)67(43,46)35-65)27-51-49-26-40(14-15-56(49)69-60(51)52)64-30-44-22-42-23-45(31-64)66(42,44)34-64/h6-15,18-21,26-29,42-47,69H,16-17,22-25,30-35H2,1-5H3. The molecule has 8 saturated carbocycles. The van der Waals surface area contributed by atoms with E-state index in [-0.39, 0.29) is 16.2 Å². The van der Waals surface area contributed by atoms with Crippen molar-refractivity contribution in [2.75, 3.05) is 4.90 Å². The molecule has 9 aliphatic carbocycles. The molecule has 0 saturated heterocycles. The van der Waals surface area contributed by atoms with Crippen molar-refractivity contribution in [2.24, 2.45) is 46.3 Å². The SMILES string of the molecule is Cc1cc2c(cc1N1c3cc4ccccc4cc3[B]c3c(-c4cc(C56CC7CC8CC(C5)C87C6)cc5c4[nH]c4ccc(C67CC8CC9CC(C6)C98C7)cc45)cc4ccccc4c31)C(C)(C)CCC2(C)C. The highest BCUT2D eigenvalue weighted by Crippen LogP contribution is 2.86. The maximum atomic E-state index is 4.23. The summed E-state index contributed by atoms with van der Waals surface area (Å²) in [5.41, 5.74) is 21.9. The van der Waals surface area contributed by atoms with Crippen LogP contribution >= 0.6 is 0 Å². The van der Waals surface area contributed by atoms with Gasteiger partial charge in [-0.05, 0) is 249 Å². The predicted molar refractivity (Wildman–Crippen MR) is 291 cm³/mol. The number of anilines is 3. The number of nitrogens with zero attached hydrogens (tertiary/aromatic N) is 1. The Balaban J connectivity index is 0.912.